The fraction of sp³-hybridized carbons (Fsp3) is 0. The maximum atomic E-state index is 6.84. The van der Waals surface area contributed by atoms with Crippen molar-refractivity contribution < 1.29 is 4.42 Å². The highest BCUT2D eigenvalue weighted by Crippen LogP contribution is 2.47. The quantitative estimate of drug-likeness (QED) is 0.168. The molecule has 0 atom stereocenters. The van der Waals surface area contributed by atoms with Crippen molar-refractivity contribution in [2.24, 2.45) is 0 Å². The second kappa shape index (κ2) is 13.9. The molecule has 6 heteroatoms. The Hall–Kier alpha value is -7.80. The van der Waals surface area contributed by atoms with Crippen LogP contribution in [0.2, 0.25) is 0 Å². The van der Waals surface area contributed by atoms with Crippen LogP contribution in [0.1, 0.15) is 0 Å². The van der Waals surface area contributed by atoms with Crippen molar-refractivity contribution in [1.29, 1.82) is 0 Å². The first-order chi connectivity index (χ1) is 29.7. The Morgan fingerprint density at radius 1 is 0.367 bits per heavy atom. The van der Waals surface area contributed by atoms with Crippen molar-refractivity contribution in [2.45, 2.75) is 0 Å². The van der Waals surface area contributed by atoms with Crippen molar-refractivity contribution in [3.63, 3.8) is 0 Å². The van der Waals surface area contributed by atoms with Gasteiger partial charge in [-0.15, -0.1) is 11.3 Å². The first kappa shape index (κ1) is 34.3. The lowest BCUT2D eigenvalue weighted by atomic mass is 9.93. The molecular formula is C54H32N4OS. The Labute approximate surface area is 348 Å². The van der Waals surface area contributed by atoms with Crippen LogP contribution in [-0.2, 0) is 0 Å². The molecule has 0 radical (unpaired) electrons. The molecule has 3 aromatic heterocycles. The molecule has 280 valence electrons. The van der Waals surface area contributed by atoms with E-state index < -0.39 is 0 Å². The number of hydrogen-bond acceptors (Lipinski definition) is 6. The van der Waals surface area contributed by atoms with Gasteiger partial charge in [-0.25, -0.2) is 19.9 Å². The smallest absolute Gasteiger partial charge is 0.164 e. The molecule has 60 heavy (non-hydrogen) atoms. The van der Waals surface area contributed by atoms with Gasteiger partial charge in [0.05, 0.1) is 15.8 Å². The van der Waals surface area contributed by atoms with Gasteiger partial charge in [0.15, 0.2) is 17.5 Å². The number of aromatic nitrogens is 4. The summed E-state index contributed by atoms with van der Waals surface area (Å²) in [7, 11) is 0. The summed E-state index contributed by atoms with van der Waals surface area (Å²) in [6.07, 6.45) is 0. The number of furan rings is 1. The molecular weight excluding hydrogens is 753 g/mol. The number of para-hydroxylation sites is 1. The zero-order valence-electron chi connectivity index (χ0n) is 32.1. The fourth-order valence-electron chi connectivity index (χ4n) is 8.40. The van der Waals surface area contributed by atoms with Crippen LogP contribution in [0, 0.1) is 0 Å². The average molecular weight is 785 g/mol. The van der Waals surface area contributed by atoms with Gasteiger partial charge in [0.25, 0.3) is 0 Å². The summed E-state index contributed by atoms with van der Waals surface area (Å²) < 4.78 is 7.93. The molecule has 12 rings (SSSR count). The second-order valence-electron chi connectivity index (χ2n) is 15.0. The summed E-state index contributed by atoms with van der Waals surface area (Å²) in [5, 5.41) is 7.63. The van der Waals surface area contributed by atoms with Crippen LogP contribution < -0.4 is 0 Å². The maximum absolute atomic E-state index is 6.84. The average Bonchev–Trinajstić information content (AvgIpc) is 3.92. The van der Waals surface area contributed by atoms with Crippen LogP contribution in [0.25, 0.3) is 121 Å². The van der Waals surface area contributed by atoms with E-state index in [-0.39, 0.29) is 0 Å². The number of nitrogens with zero attached hydrogens (tertiary/aromatic N) is 4. The van der Waals surface area contributed by atoms with Gasteiger partial charge in [0.1, 0.15) is 16.2 Å². The molecule has 12 aromatic rings. The predicted octanol–water partition coefficient (Wildman–Crippen LogP) is 14.7. The number of hydrogen-bond donors (Lipinski definition) is 0. The van der Waals surface area contributed by atoms with Crippen LogP contribution in [0.4, 0.5) is 0 Å². The van der Waals surface area contributed by atoms with Crippen LogP contribution in [0.5, 0.6) is 0 Å². The molecule has 0 unspecified atom stereocenters. The zero-order valence-corrected chi connectivity index (χ0v) is 32.9. The van der Waals surface area contributed by atoms with Crippen LogP contribution in [-0.4, -0.2) is 19.9 Å². The van der Waals surface area contributed by atoms with Crippen molar-refractivity contribution in [3.05, 3.63) is 194 Å². The minimum Gasteiger partial charge on any atom is -0.455 e. The summed E-state index contributed by atoms with van der Waals surface area (Å²) in [5.74, 6) is 1.79. The Bertz CT molecular complexity index is 3610. The summed E-state index contributed by atoms with van der Waals surface area (Å²) >= 11 is 1.71. The van der Waals surface area contributed by atoms with E-state index in [0.717, 1.165) is 92.4 Å². The lowest BCUT2D eigenvalue weighted by Gasteiger charge is -2.13. The monoisotopic (exact) mass is 784 g/mol. The number of benzene rings is 9. The number of fused-ring (bicyclic) bond motifs is 6. The fourth-order valence-corrected chi connectivity index (χ4v) is 9.41. The molecule has 0 fully saturated rings. The Balaban J connectivity index is 1.11. The number of thiazole rings is 1. The van der Waals surface area contributed by atoms with Crippen LogP contribution in [0.15, 0.2) is 199 Å². The zero-order chi connectivity index (χ0) is 39.6. The molecule has 0 saturated heterocycles. The SMILES string of the molecule is c1ccc(-c2cccc(-c3nc(-c4ccccc4)nc(-c4cc(-c5c6nc(-c7ccc8ccccc8c7)sc6cc6c5oc5ccccc56)c5ccccc5c4)n3)c2)cc1. The Morgan fingerprint density at radius 3 is 1.80 bits per heavy atom. The third-order valence-corrected chi connectivity index (χ3v) is 12.4. The molecule has 5 nitrogen and oxygen atoms in total. The van der Waals surface area contributed by atoms with Gasteiger partial charge in [0, 0.05) is 33.0 Å². The van der Waals surface area contributed by atoms with E-state index in [1.165, 1.54) is 10.8 Å². The Morgan fingerprint density at radius 2 is 0.983 bits per heavy atom. The number of rotatable bonds is 6. The van der Waals surface area contributed by atoms with Crippen LogP contribution in [0.3, 0.4) is 0 Å². The standard InChI is InChI=1S/C54H32N4OS/c1-3-14-33(15-4-1)37-21-13-22-39(28-37)52-56-51(35-17-5-2-6-18-35)57-53(58-52)41-30-38-20-9-10-23-42(38)44(31-41)48-49-47(32-45-43-24-11-12-25-46(43)59-50(45)48)60-54(55-49)40-27-26-34-16-7-8-19-36(34)29-40/h1-32H. The molecule has 0 aliphatic carbocycles. The van der Waals surface area contributed by atoms with E-state index in [4.69, 9.17) is 24.4 Å². The van der Waals surface area contributed by atoms with E-state index in [1.54, 1.807) is 11.3 Å². The normalized spacial score (nSPS) is 11.7. The first-order valence-corrected chi connectivity index (χ1v) is 20.8. The van der Waals surface area contributed by atoms with Gasteiger partial charge in [-0.05, 0) is 74.6 Å². The molecule has 0 saturated carbocycles. The lowest BCUT2D eigenvalue weighted by molar-refractivity contribution is 0.670. The van der Waals surface area contributed by atoms with E-state index >= 15 is 0 Å². The highest BCUT2D eigenvalue weighted by Gasteiger charge is 2.23. The first-order valence-electron chi connectivity index (χ1n) is 20.0. The van der Waals surface area contributed by atoms with Crippen molar-refractivity contribution in [1.82, 2.24) is 19.9 Å². The van der Waals surface area contributed by atoms with Gasteiger partial charge in [-0.1, -0.05) is 158 Å². The summed E-state index contributed by atoms with van der Waals surface area (Å²) in [6, 6.07) is 67.4. The second-order valence-corrected chi connectivity index (χ2v) is 16.0. The van der Waals surface area contributed by atoms with Gasteiger partial charge in [0.2, 0.25) is 0 Å². The van der Waals surface area contributed by atoms with Crippen LogP contribution >= 0.6 is 11.3 Å². The predicted molar refractivity (Wildman–Crippen MR) is 248 cm³/mol. The molecule has 0 amide bonds. The van der Waals surface area contributed by atoms with Gasteiger partial charge >= 0.3 is 0 Å². The van der Waals surface area contributed by atoms with Crippen molar-refractivity contribution in [3.8, 4) is 67.0 Å². The van der Waals surface area contributed by atoms with E-state index in [9.17, 15) is 0 Å². The van der Waals surface area contributed by atoms with Crippen molar-refractivity contribution >= 4 is 65.0 Å². The largest absolute Gasteiger partial charge is 0.455 e. The summed E-state index contributed by atoms with van der Waals surface area (Å²) in [5.41, 5.74) is 10.5. The minimum atomic E-state index is 0.583. The molecule has 0 aliphatic heterocycles. The third-order valence-electron chi connectivity index (χ3n) is 11.3. The summed E-state index contributed by atoms with van der Waals surface area (Å²) in [4.78, 5) is 21.0. The van der Waals surface area contributed by atoms with E-state index in [0.29, 0.717) is 17.5 Å². The highest BCUT2D eigenvalue weighted by molar-refractivity contribution is 7.21. The lowest BCUT2D eigenvalue weighted by Crippen LogP contribution is -2.00. The molecule has 0 spiro atoms. The van der Waals surface area contributed by atoms with Gasteiger partial charge in [-0.3, -0.25) is 0 Å². The molecule has 3 heterocycles. The topological polar surface area (TPSA) is 64.7 Å². The molecule has 0 bridgehead atoms. The van der Waals surface area contributed by atoms with E-state index in [1.807, 2.05) is 48.5 Å². The van der Waals surface area contributed by atoms with Gasteiger partial charge < -0.3 is 4.42 Å². The van der Waals surface area contributed by atoms with E-state index in [2.05, 4.69) is 146 Å². The highest BCUT2D eigenvalue weighted by atomic mass is 32.1. The maximum Gasteiger partial charge on any atom is 0.164 e. The van der Waals surface area contributed by atoms with Crippen molar-refractivity contribution in [2.75, 3.05) is 0 Å². The molecule has 9 aromatic carbocycles. The minimum absolute atomic E-state index is 0.583. The Kier molecular flexibility index (Phi) is 7.96. The third kappa shape index (κ3) is 5.84. The molecule has 0 N–H and O–H groups in total. The van der Waals surface area contributed by atoms with Gasteiger partial charge in [-0.2, -0.15) is 0 Å². The summed E-state index contributed by atoms with van der Waals surface area (Å²) in [6.45, 7) is 0. The molecule has 0 aliphatic rings.